The average Bonchev–Trinajstić information content (AvgIpc) is 2.85. The first-order chi connectivity index (χ1) is 15.4. The Bertz CT molecular complexity index is 1140. The summed E-state index contributed by atoms with van der Waals surface area (Å²) in [5.41, 5.74) is 0. The van der Waals surface area contributed by atoms with Crippen molar-refractivity contribution in [3.63, 3.8) is 0 Å². The SMILES string of the molecule is CCP(CC)c1cccc2cccc([Si@](C)(F)[Si](C)(c3ccccc3)c3ccccc3)c12. The molecular weight excluding hydrogens is 442 g/mol. The van der Waals surface area contributed by atoms with Crippen LogP contribution in [0.5, 0.6) is 0 Å². The lowest BCUT2D eigenvalue weighted by atomic mass is 10.1. The Kier molecular flexibility index (Phi) is 6.81. The van der Waals surface area contributed by atoms with E-state index in [0.717, 1.165) is 17.5 Å². The molecule has 0 nitrogen and oxygen atoms in total. The summed E-state index contributed by atoms with van der Waals surface area (Å²) in [5, 5.41) is 7.13. The second-order valence-corrected chi connectivity index (χ2v) is 23.3. The van der Waals surface area contributed by atoms with E-state index in [-0.39, 0.29) is 7.92 Å². The highest BCUT2D eigenvalue weighted by molar-refractivity contribution is 7.66. The van der Waals surface area contributed by atoms with Crippen molar-refractivity contribution >= 4 is 55.1 Å². The lowest BCUT2D eigenvalue weighted by Crippen LogP contribution is -2.76. The van der Waals surface area contributed by atoms with Gasteiger partial charge in [-0.3, -0.25) is 0 Å². The molecule has 0 aliphatic heterocycles. The van der Waals surface area contributed by atoms with Crippen LogP contribution in [0.2, 0.25) is 13.1 Å². The van der Waals surface area contributed by atoms with Gasteiger partial charge in [-0.25, -0.2) is 0 Å². The molecule has 0 fully saturated rings. The fourth-order valence-electron chi connectivity index (χ4n) is 5.06. The van der Waals surface area contributed by atoms with Crippen LogP contribution in [-0.2, 0) is 0 Å². The molecule has 1 atom stereocenters. The van der Waals surface area contributed by atoms with Crippen LogP contribution in [0.3, 0.4) is 0 Å². The van der Waals surface area contributed by atoms with E-state index in [4.69, 9.17) is 0 Å². The smallest absolute Gasteiger partial charge is 0.270 e. The fourth-order valence-corrected chi connectivity index (χ4v) is 18.5. The summed E-state index contributed by atoms with van der Waals surface area (Å²) in [7, 11) is -6.41. The first-order valence-electron chi connectivity index (χ1n) is 11.5. The third-order valence-corrected chi connectivity index (χ3v) is 24.2. The Morgan fingerprint density at radius 1 is 0.656 bits per heavy atom. The number of fused-ring (bicyclic) bond motifs is 1. The molecule has 0 aromatic heterocycles. The van der Waals surface area contributed by atoms with Crippen LogP contribution in [0.1, 0.15) is 13.8 Å². The molecule has 0 spiro atoms. The molecule has 4 rings (SSSR count). The molecule has 0 radical (unpaired) electrons. The quantitative estimate of drug-likeness (QED) is 0.183. The van der Waals surface area contributed by atoms with Crippen LogP contribution < -0.4 is 20.9 Å². The molecule has 0 aliphatic rings. The van der Waals surface area contributed by atoms with E-state index < -0.39 is 15.5 Å². The lowest BCUT2D eigenvalue weighted by Gasteiger charge is -2.39. The number of rotatable bonds is 7. The minimum atomic E-state index is -3.43. The van der Waals surface area contributed by atoms with E-state index in [9.17, 15) is 0 Å². The zero-order valence-corrected chi connectivity index (χ0v) is 22.4. The Labute approximate surface area is 195 Å². The molecule has 4 aromatic carbocycles. The van der Waals surface area contributed by atoms with Gasteiger partial charge in [-0.2, -0.15) is 0 Å². The highest BCUT2D eigenvalue weighted by Gasteiger charge is 2.55. The number of halogens is 1. The van der Waals surface area contributed by atoms with Gasteiger partial charge in [0.15, 0.2) is 0 Å². The second-order valence-electron chi connectivity index (χ2n) is 8.71. The molecule has 164 valence electrons. The van der Waals surface area contributed by atoms with Crippen molar-refractivity contribution in [3.05, 3.63) is 97.1 Å². The molecule has 4 aromatic rings. The Morgan fingerprint density at radius 3 is 1.66 bits per heavy atom. The van der Waals surface area contributed by atoms with Crippen LogP contribution >= 0.6 is 7.92 Å². The molecule has 0 saturated heterocycles. The van der Waals surface area contributed by atoms with Gasteiger partial charge in [0, 0.05) is 0 Å². The maximum Gasteiger partial charge on any atom is 0.270 e. The standard InChI is InChI=1S/C28H32FPSi2/c1-5-30(6-2)26-21-13-15-23-16-14-22-27(28(23)26)32(4,29)31(3,24-17-9-7-10-18-24)25-19-11-8-12-20-25/h7-22H,5-6H2,1-4H3/t32-/m1/s1. The summed E-state index contributed by atoms with van der Waals surface area (Å²) < 4.78 is 17.8. The van der Waals surface area contributed by atoms with E-state index in [1.165, 1.54) is 26.5 Å². The molecule has 0 amide bonds. The third-order valence-electron chi connectivity index (χ3n) is 7.13. The monoisotopic (exact) mass is 474 g/mol. The Balaban J connectivity index is 2.05. The summed E-state index contributed by atoms with van der Waals surface area (Å²) in [5.74, 6) is 0. The minimum absolute atomic E-state index is 0.288. The van der Waals surface area contributed by atoms with Crippen LogP contribution in [0.4, 0.5) is 4.11 Å². The van der Waals surface area contributed by atoms with Crippen LogP contribution in [0.15, 0.2) is 97.1 Å². The highest BCUT2D eigenvalue weighted by atomic mass is 31.1. The molecule has 32 heavy (non-hydrogen) atoms. The predicted octanol–water partition coefficient (Wildman–Crippen LogP) is 5.71. The second kappa shape index (κ2) is 9.43. The summed E-state index contributed by atoms with van der Waals surface area (Å²) >= 11 is 0. The van der Waals surface area contributed by atoms with E-state index in [1.807, 2.05) is 18.7 Å². The maximum atomic E-state index is 17.8. The van der Waals surface area contributed by atoms with Crippen LogP contribution in [-0.4, -0.2) is 27.8 Å². The summed E-state index contributed by atoms with van der Waals surface area (Å²) in [6, 6.07) is 33.9. The van der Waals surface area contributed by atoms with E-state index in [0.29, 0.717) is 0 Å². The number of hydrogen-bond acceptors (Lipinski definition) is 0. The van der Waals surface area contributed by atoms with E-state index in [2.05, 4.69) is 105 Å². The molecule has 0 heterocycles. The molecule has 0 N–H and O–H groups in total. The molecule has 0 unspecified atom stereocenters. The largest absolute Gasteiger partial charge is 0.311 e. The third kappa shape index (κ3) is 3.81. The van der Waals surface area contributed by atoms with Crippen molar-refractivity contribution in [2.75, 3.05) is 12.3 Å². The molecule has 0 saturated carbocycles. The van der Waals surface area contributed by atoms with Crippen molar-refractivity contribution in [2.24, 2.45) is 0 Å². The predicted molar refractivity (Wildman–Crippen MR) is 148 cm³/mol. The van der Waals surface area contributed by atoms with Crippen molar-refractivity contribution < 1.29 is 4.11 Å². The molecule has 4 heteroatoms. The maximum absolute atomic E-state index is 17.8. The first-order valence-corrected chi connectivity index (χ1v) is 19.1. The van der Waals surface area contributed by atoms with Crippen molar-refractivity contribution in [1.29, 1.82) is 0 Å². The van der Waals surface area contributed by atoms with Gasteiger partial charge < -0.3 is 4.11 Å². The van der Waals surface area contributed by atoms with Gasteiger partial charge in [0.2, 0.25) is 0 Å². The zero-order chi connectivity index (χ0) is 22.8. The summed E-state index contributed by atoms with van der Waals surface area (Å²) in [6.45, 7) is 8.78. The molecular formula is C28H32FPSi2. The van der Waals surface area contributed by atoms with Crippen LogP contribution in [0, 0.1) is 0 Å². The number of benzene rings is 4. The minimum Gasteiger partial charge on any atom is -0.311 e. The number of hydrogen-bond donors (Lipinski definition) is 0. The van der Waals surface area contributed by atoms with E-state index in [1.54, 1.807) is 0 Å². The van der Waals surface area contributed by atoms with Crippen molar-refractivity contribution in [3.8, 4) is 0 Å². The van der Waals surface area contributed by atoms with Gasteiger partial charge in [-0.1, -0.05) is 136 Å². The van der Waals surface area contributed by atoms with Gasteiger partial charge >= 0.3 is 0 Å². The van der Waals surface area contributed by atoms with Crippen LogP contribution in [0.25, 0.3) is 10.8 Å². The van der Waals surface area contributed by atoms with Crippen molar-refractivity contribution in [2.45, 2.75) is 26.9 Å². The Hall–Kier alpha value is -2.07. The molecule has 0 aliphatic carbocycles. The normalized spacial score (nSPS) is 13.9. The van der Waals surface area contributed by atoms with Gasteiger partial charge in [-0.05, 0) is 40.1 Å². The van der Waals surface area contributed by atoms with E-state index >= 15 is 4.11 Å². The van der Waals surface area contributed by atoms with Gasteiger partial charge in [0.25, 0.3) is 7.93 Å². The van der Waals surface area contributed by atoms with Crippen molar-refractivity contribution in [1.82, 2.24) is 0 Å². The van der Waals surface area contributed by atoms with Gasteiger partial charge in [0.05, 0.1) is 0 Å². The summed E-state index contributed by atoms with van der Waals surface area (Å²) in [4.78, 5) is 0. The zero-order valence-electron chi connectivity index (χ0n) is 19.5. The fraction of sp³-hybridized carbons (Fsp3) is 0.214. The summed E-state index contributed by atoms with van der Waals surface area (Å²) in [6.07, 6.45) is 2.27. The lowest BCUT2D eigenvalue weighted by molar-refractivity contribution is 0.840. The van der Waals surface area contributed by atoms with Gasteiger partial charge in [-0.15, -0.1) is 0 Å². The Morgan fingerprint density at radius 2 is 1.16 bits per heavy atom. The highest BCUT2D eigenvalue weighted by Crippen LogP contribution is 2.36. The topological polar surface area (TPSA) is 0 Å². The first kappa shape index (κ1) is 23.1. The molecule has 0 bridgehead atoms. The van der Waals surface area contributed by atoms with Gasteiger partial charge in [0.1, 0.15) is 7.59 Å². The average molecular weight is 475 g/mol.